The van der Waals surface area contributed by atoms with Gasteiger partial charge in [0, 0.05) is 37.5 Å². The predicted octanol–water partition coefficient (Wildman–Crippen LogP) is 2.31. The Balaban J connectivity index is 1.69. The smallest absolute Gasteiger partial charge is 0.253 e. The summed E-state index contributed by atoms with van der Waals surface area (Å²) in [6.07, 6.45) is 3.71. The van der Waals surface area contributed by atoms with E-state index in [-0.39, 0.29) is 17.9 Å². The number of carbonyl (C=O) groups is 1. The maximum absolute atomic E-state index is 12.5. The SMILES string of the molecule is CCn1nccc1[C@@H]1OCCC[C@H]1CNC(=O)c1cc(C#N)[nH]c1C. The number of nitriles is 1. The van der Waals surface area contributed by atoms with Crippen LogP contribution in [0.5, 0.6) is 0 Å². The molecule has 2 aromatic rings. The summed E-state index contributed by atoms with van der Waals surface area (Å²) in [7, 11) is 0. The molecule has 0 saturated carbocycles. The van der Waals surface area contributed by atoms with Gasteiger partial charge in [-0.3, -0.25) is 9.48 Å². The lowest BCUT2D eigenvalue weighted by Crippen LogP contribution is -2.36. The van der Waals surface area contributed by atoms with Gasteiger partial charge in [-0.25, -0.2) is 0 Å². The Kier molecular flexibility index (Phi) is 5.19. The topological polar surface area (TPSA) is 95.7 Å². The number of aryl methyl sites for hydroxylation is 2. The summed E-state index contributed by atoms with van der Waals surface area (Å²) in [4.78, 5) is 15.4. The van der Waals surface area contributed by atoms with Crippen molar-refractivity contribution in [3.63, 3.8) is 0 Å². The summed E-state index contributed by atoms with van der Waals surface area (Å²) in [6.45, 7) is 5.90. The Bertz CT molecular complexity index is 786. The molecule has 3 rings (SSSR count). The zero-order valence-corrected chi connectivity index (χ0v) is 14.6. The molecule has 1 saturated heterocycles. The number of H-pyrrole nitrogens is 1. The van der Waals surface area contributed by atoms with E-state index in [0.717, 1.165) is 31.7 Å². The van der Waals surface area contributed by atoms with E-state index in [0.29, 0.717) is 23.5 Å². The minimum Gasteiger partial charge on any atom is -0.372 e. The largest absolute Gasteiger partial charge is 0.372 e. The van der Waals surface area contributed by atoms with Crippen LogP contribution < -0.4 is 5.32 Å². The normalized spacial score (nSPS) is 20.2. The third-order valence-corrected chi connectivity index (χ3v) is 4.69. The second kappa shape index (κ2) is 7.53. The monoisotopic (exact) mass is 341 g/mol. The highest BCUT2D eigenvalue weighted by atomic mass is 16.5. The van der Waals surface area contributed by atoms with Crippen LogP contribution in [0.2, 0.25) is 0 Å². The maximum atomic E-state index is 12.5. The standard InChI is InChI=1S/C18H23N5O2/c1-3-23-16(6-7-21-23)17-13(5-4-8-25-17)11-20-18(24)15-9-14(10-19)22-12(15)2/h6-7,9,13,17,22H,3-5,8,11H2,1-2H3,(H,20,24)/t13-,17+/m0/s1. The first kappa shape index (κ1) is 17.2. The summed E-state index contributed by atoms with van der Waals surface area (Å²) >= 11 is 0. The van der Waals surface area contributed by atoms with Crippen LogP contribution in [0.25, 0.3) is 0 Å². The molecule has 1 fully saturated rings. The minimum atomic E-state index is -0.163. The number of nitrogens with one attached hydrogen (secondary N) is 2. The molecule has 0 aromatic carbocycles. The van der Waals surface area contributed by atoms with Crippen LogP contribution in [0.15, 0.2) is 18.3 Å². The average molecular weight is 341 g/mol. The first-order valence-electron chi connectivity index (χ1n) is 8.65. The van der Waals surface area contributed by atoms with Gasteiger partial charge >= 0.3 is 0 Å². The fourth-order valence-electron chi connectivity index (χ4n) is 3.40. The van der Waals surface area contributed by atoms with Gasteiger partial charge in [0.25, 0.3) is 5.91 Å². The molecule has 25 heavy (non-hydrogen) atoms. The molecular weight excluding hydrogens is 318 g/mol. The number of hydrogen-bond acceptors (Lipinski definition) is 4. The van der Waals surface area contributed by atoms with E-state index in [2.05, 4.69) is 22.3 Å². The van der Waals surface area contributed by atoms with E-state index in [4.69, 9.17) is 10.00 Å². The molecular formula is C18H23N5O2. The predicted molar refractivity (Wildman–Crippen MR) is 91.9 cm³/mol. The zero-order valence-electron chi connectivity index (χ0n) is 14.6. The Labute approximate surface area is 147 Å². The number of nitrogens with zero attached hydrogens (tertiary/aromatic N) is 3. The molecule has 3 heterocycles. The van der Waals surface area contributed by atoms with Crippen molar-refractivity contribution in [3.05, 3.63) is 41.0 Å². The highest BCUT2D eigenvalue weighted by Gasteiger charge is 2.30. The third kappa shape index (κ3) is 3.59. The highest BCUT2D eigenvalue weighted by molar-refractivity contribution is 5.95. The van der Waals surface area contributed by atoms with Gasteiger partial charge in [0.2, 0.25) is 0 Å². The second-order valence-electron chi connectivity index (χ2n) is 6.31. The van der Waals surface area contributed by atoms with E-state index in [1.165, 1.54) is 0 Å². The number of ether oxygens (including phenoxy) is 1. The molecule has 0 bridgehead atoms. The van der Waals surface area contributed by atoms with Crippen molar-refractivity contribution in [2.45, 2.75) is 39.3 Å². The minimum absolute atomic E-state index is 0.0570. The third-order valence-electron chi connectivity index (χ3n) is 4.69. The van der Waals surface area contributed by atoms with Crippen molar-refractivity contribution in [2.75, 3.05) is 13.2 Å². The Morgan fingerprint density at radius 1 is 1.60 bits per heavy atom. The molecule has 2 aromatic heterocycles. The average Bonchev–Trinajstić information content (AvgIpc) is 3.26. The molecule has 0 aliphatic carbocycles. The molecule has 0 unspecified atom stereocenters. The van der Waals surface area contributed by atoms with Gasteiger partial charge in [-0.15, -0.1) is 0 Å². The van der Waals surface area contributed by atoms with Gasteiger partial charge in [0.1, 0.15) is 17.9 Å². The van der Waals surface area contributed by atoms with Gasteiger partial charge in [-0.2, -0.15) is 10.4 Å². The number of aromatic nitrogens is 3. The summed E-state index contributed by atoms with van der Waals surface area (Å²) in [5.74, 6) is 0.0398. The number of aromatic amines is 1. The van der Waals surface area contributed by atoms with E-state index in [1.54, 1.807) is 19.2 Å². The van der Waals surface area contributed by atoms with Crippen molar-refractivity contribution < 1.29 is 9.53 Å². The summed E-state index contributed by atoms with van der Waals surface area (Å²) in [5, 5.41) is 16.3. The van der Waals surface area contributed by atoms with Gasteiger partial charge in [0.15, 0.2) is 0 Å². The summed E-state index contributed by atoms with van der Waals surface area (Å²) < 4.78 is 7.94. The van der Waals surface area contributed by atoms with E-state index < -0.39 is 0 Å². The first-order valence-corrected chi connectivity index (χ1v) is 8.65. The van der Waals surface area contributed by atoms with E-state index >= 15 is 0 Å². The van der Waals surface area contributed by atoms with Crippen LogP contribution in [-0.2, 0) is 11.3 Å². The second-order valence-corrected chi connectivity index (χ2v) is 6.31. The van der Waals surface area contributed by atoms with Crippen LogP contribution >= 0.6 is 0 Å². The lowest BCUT2D eigenvalue weighted by atomic mass is 9.92. The molecule has 2 N–H and O–H groups in total. The molecule has 2 atom stereocenters. The Hall–Kier alpha value is -2.59. The van der Waals surface area contributed by atoms with Crippen molar-refractivity contribution in [2.24, 2.45) is 5.92 Å². The van der Waals surface area contributed by atoms with Crippen LogP contribution in [-0.4, -0.2) is 33.8 Å². The summed E-state index contributed by atoms with van der Waals surface area (Å²) in [5.41, 5.74) is 2.68. The Morgan fingerprint density at radius 2 is 2.44 bits per heavy atom. The molecule has 7 nitrogen and oxygen atoms in total. The fourth-order valence-corrected chi connectivity index (χ4v) is 3.40. The molecule has 0 spiro atoms. The molecule has 0 radical (unpaired) electrons. The van der Waals surface area contributed by atoms with Gasteiger partial charge < -0.3 is 15.0 Å². The van der Waals surface area contributed by atoms with E-state index in [9.17, 15) is 4.79 Å². The van der Waals surface area contributed by atoms with Crippen molar-refractivity contribution >= 4 is 5.91 Å². The maximum Gasteiger partial charge on any atom is 0.253 e. The summed E-state index contributed by atoms with van der Waals surface area (Å²) in [6, 6.07) is 5.60. The van der Waals surface area contributed by atoms with Gasteiger partial charge in [-0.05, 0) is 38.8 Å². The number of rotatable bonds is 5. The van der Waals surface area contributed by atoms with Crippen molar-refractivity contribution in [1.82, 2.24) is 20.1 Å². The quantitative estimate of drug-likeness (QED) is 0.872. The van der Waals surface area contributed by atoms with E-state index in [1.807, 2.05) is 16.8 Å². The number of carbonyl (C=O) groups excluding carboxylic acids is 1. The Morgan fingerprint density at radius 3 is 3.16 bits per heavy atom. The molecule has 7 heteroatoms. The van der Waals surface area contributed by atoms with Crippen molar-refractivity contribution in [3.8, 4) is 6.07 Å². The molecule has 1 aliphatic rings. The number of amides is 1. The number of hydrogen-bond donors (Lipinski definition) is 2. The van der Waals surface area contributed by atoms with Crippen LogP contribution in [0.3, 0.4) is 0 Å². The highest BCUT2D eigenvalue weighted by Crippen LogP contribution is 2.33. The van der Waals surface area contributed by atoms with Crippen LogP contribution in [0.1, 0.15) is 53.3 Å². The van der Waals surface area contributed by atoms with Crippen LogP contribution in [0, 0.1) is 24.2 Å². The molecule has 1 aliphatic heterocycles. The first-order chi connectivity index (χ1) is 12.1. The zero-order chi connectivity index (χ0) is 17.8. The van der Waals surface area contributed by atoms with Gasteiger partial charge in [0.05, 0.1) is 11.3 Å². The lowest BCUT2D eigenvalue weighted by Gasteiger charge is -2.32. The molecule has 1 amide bonds. The van der Waals surface area contributed by atoms with Crippen molar-refractivity contribution in [1.29, 1.82) is 5.26 Å². The van der Waals surface area contributed by atoms with Gasteiger partial charge in [-0.1, -0.05) is 0 Å². The van der Waals surface area contributed by atoms with Crippen LogP contribution in [0.4, 0.5) is 0 Å². The molecule has 132 valence electrons. The lowest BCUT2D eigenvalue weighted by molar-refractivity contribution is -0.0321. The fraction of sp³-hybridized carbons (Fsp3) is 0.500.